The van der Waals surface area contributed by atoms with Crippen LogP contribution in [0, 0.1) is 17.3 Å². The summed E-state index contributed by atoms with van der Waals surface area (Å²) in [4.78, 5) is 75.6. The molecule has 3 fully saturated rings. The zero-order valence-corrected chi connectivity index (χ0v) is 30.4. The van der Waals surface area contributed by atoms with E-state index in [9.17, 15) is 24.0 Å². The molecule has 1 saturated heterocycles. The number of hydrogen-bond acceptors (Lipinski definition) is 8. The van der Waals surface area contributed by atoms with Gasteiger partial charge in [-0.25, -0.2) is 0 Å². The molecule has 2 aromatic carbocycles. The summed E-state index contributed by atoms with van der Waals surface area (Å²) in [7, 11) is 2.91. The Morgan fingerprint density at radius 1 is 1.06 bits per heavy atom. The summed E-state index contributed by atoms with van der Waals surface area (Å²) in [6.45, 7) is 5.59. The Balaban J connectivity index is 1.27. The van der Waals surface area contributed by atoms with E-state index in [0.29, 0.717) is 34.9 Å². The molecule has 2 heterocycles. The van der Waals surface area contributed by atoms with Crippen molar-refractivity contribution in [1.29, 1.82) is 0 Å². The lowest BCUT2D eigenvalue weighted by Gasteiger charge is -2.35. The summed E-state index contributed by atoms with van der Waals surface area (Å²) in [5, 5.41) is 13.1. The summed E-state index contributed by atoms with van der Waals surface area (Å²) >= 11 is 6.32. The van der Waals surface area contributed by atoms with Gasteiger partial charge >= 0.3 is 0 Å². The third-order valence-electron chi connectivity index (χ3n) is 10.4. The molecule has 13 heteroatoms. The Hall–Kier alpha value is -4.45. The van der Waals surface area contributed by atoms with Crippen molar-refractivity contribution in [3.8, 4) is 5.75 Å². The average Bonchev–Trinajstić information content (AvgIpc) is 4.03. The van der Waals surface area contributed by atoms with Gasteiger partial charge < -0.3 is 30.4 Å². The van der Waals surface area contributed by atoms with Crippen molar-refractivity contribution < 1.29 is 33.5 Å². The summed E-state index contributed by atoms with van der Waals surface area (Å²) in [5.41, 5.74) is 0.443. The number of likely N-dealkylation sites (tertiary alicyclic amines) is 1. The first kappa shape index (κ1) is 36.3. The minimum Gasteiger partial charge on any atom is -0.496 e. The van der Waals surface area contributed by atoms with Crippen molar-refractivity contribution in [3.05, 3.63) is 64.7 Å². The highest BCUT2D eigenvalue weighted by molar-refractivity contribution is 6.38. The maximum absolute atomic E-state index is 14.7. The van der Waals surface area contributed by atoms with Gasteiger partial charge in [-0.05, 0) is 53.9 Å². The molecule has 2 aromatic rings. The molecule has 12 nitrogen and oxygen atoms in total. The predicted molar refractivity (Wildman–Crippen MR) is 190 cm³/mol. The lowest BCUT2D eigenvalue weighted by molar-refractivity contribution is -0.145. The van der Waals surface area contributed by atoms with Crippen LogP contribution in [0.4, 0.5) is 0 Å². The minimum atomic E-state index is -1.08. The lowest BCUT2D eigenvalue weighted by atomic mass is 9.85. The van der Waals surface area contributed by atoms with Crippen molar-refractivity contribution >= 4 is 46.7 Å². The molecule has 2 aliphatic carbocycles. The summed E-state index contributed by atoms with van der Waals surface area (Å²) in [6, 6.07) is 11.9. The van der Waals surface area contributed by atoms with Crippen LogP contribution in [0.15, 0.2) is 53.7 Å². The fraction of sp³-hybridized carbons (Fsp3) is 0.526. The fourth-order valence-electron chi connectivity index (χ4n) is 7.26. The lowest BCUT2D eigenvalue weighted by Crippen LogP contribution is -2.59. The first-order valence-corrected chi connectivity index (χ1v) is 17.9. The normalized spacial score (nSPS) is 24.9. The van der Waals surface area contributed by atoms with Crippen LogP contribution in [-0.4, -0.2) is 84.5 Å². The molecular formula is C38H46ClN5O7. The number of ether oxygens (including phenoxy) is 1. The maximum Gasteiger partial charge on any atom is 0.289 e. The molecule has 1 spiro atoms. The van der Waals surface area contributed by atoms with Gasteiger partial charge in [0.05, 0.1) is 25.4 Å². The number of nitrogens with one attached hydrogen (secondary N) is 3. The molecule has 4 amide bonds. The molecule has 51 heavy (non-hydrogen) atoms. The van der Waals surface area contributed by atoms with Gasteiger partial charge in [-0.1, -0.05) is 80.7 Å². The van der Waals surface area contributed by atoms with Crippen molar-refractivity contribution in [2.45, 2.75) is 88.9 Å². The first-order valence-electron chi connectivity index (χ1n) is 17.5. The number of hydrogen-bond donors (Lipinski definition) is 3. The van der Waals surface area contributed by atoms with Gasteiger partial charge in [0.1, 0.15) is 17.8 Å². The standard InChI is InChI=1S/C38H46ClN5O7/c1-37(2,3)32(42-33(46)25-17-24(25)22-9-7-6-8-10-22)36(49)44-20-38(18-28(43-51-38)26-16-23(39)13-14-30(26)50-5)19-29(44)34(47)41-27(15-21-11-12-21)31(45)35(48)40-4/h6-10,13-14,16,21,24-25,27,29,32H,11-12,15,17-20H2,1-5H3,(H,40,48)(H,41,47)(H,42,46)/t24-,25+,27+,29+,32-,38-/m1/s1. The number of carbonyl (C=O) groups is 5. The number of Topliss-reactive ketones (excluding diaryl/α,β-unsaturated/α-hetero) is 1. The minimum absolute atomic E-state index is 0.00496. The number of nitrogens with zero attached hydrogens (tertiary/aromatic N) is 2. The van der Waals surface area contributed by atoms with E-state index >= 15 is 0 Å². The van der Waals surface area contributed by atoms with E-state index in [1.807, 2.05) is 51.1 Å². The van der Waals surface area contributed by atoms with Gasteiger partial charge in [0.25, 0.3) is 5.91 Å². The van der Waals surface area contributed by atoms with Crippen LogP contribution >= 0.6 is 11.6 Å². The summed E-state index contributed by atoms with van der Waals surface area (Å²) in [5.74, 6) is -2.21. The van der Waals surface area contributed by atoms with Crippen LogP contribution in [-0.2, 0) is 28.8 Å². The predicted octanol–water partition coefficient (Wildman–Crippen LogP) is 3.75. The second-order valence-electron chi connectivity index (χ2n) is 15.4. The Labute approximate surface area is 303 Å². The number of halogens is 1. The van der Waals surface area contributed by atoms with Gasteiger partial charge in [-0.2, -0.15) is 0 Å². The second-order valence-corrected chi connectivity index (χ2v) is 15.8. The number of methoxy groups -OCH3 is 1. The molecule has 0 bridgehead atoms. The van der Waals surface area contributed by atoms with Crippen molar-refractivity contribution in [2.24, 2.45) is 22.4 Å². The SMILES string of the molecule is CNC(=O)C(=O)[C@H](CC1CC1)NC(=O)[C@@H]1C[C@]2(CC(c3cc(Cl)ccc3OC)=NO2)CN1C(=O)[C@@H](NC(=O)[C@H]1C[C@@H]1c1ccccc1)C(C)(C)C. The summed E-state index contributed by atoms with van der Waals surface area (Å²) in [6.07, 6.45) is 3.13. The molecule has 4 aliphatic rings. The number of benzene rings is 2. The molecule has 2 saturated carbocycles. The third-order valence-corrected chi connectivity index (χ3v) is 10.6. The zero-order chi connectivity index (χ0) is 36.7. The van der Waals surface area contributed by atoms with Crippen molar-refractivity contribution in [1.82, 2.24) is 20.9 Å². The monoisotopic (exact) mass is 719 g/mol. The Morgan fingerprint density at radius 2 is 1.78 bits per heavy atom. The number of carbonyl (C=O) groups excluding carboxylic acids is 5. The molecule has 6 rings (SSSR count). The Kier molecular flexibility index (Phi) is 10.2. The van der Waals surface area contributed by atoms with Gasteiger partial charge in [0.15, 0.2) is 5.60 Å². The number of likely N-dealkylation sites (N-methyl/N-ethyl adjacent to an activating group) is 1. The van der Waals surface area contributed by atoms with E-state index in [0.717, 1.165) is 18.4 Å². The first-order chi connectivity index (χ1) is 24.2. The molecule has 0 radical (unpaired) electrons. The van der Waals surface area contributed by atoms with Crippen molar-refractivity contribution in [2.75, 3.05) is 20.7 Å². The Morgan fingerprint density at radius 3 is 2.43 bits per heavy atom. The van der Waals surface area contributed by atoms with Crippen molar-refractivity contribution in [3.63, 3.8) is 0 Å². The van der Waals surface area contributed by atoms with Crippen LogP contribution in [0.3, 0.4) is 0 Å². The van der Waals surface area contributed by atoms with Crippen LogP contribution in [0.5, 0.6) is 5.75 Å². The molecule has 272 valence electrons. The third kappa shape index (κ3) is 7.90. The van der Waals surface area contributed by atoms with Gasteiger partial charge in [-0.3, -0.25) is 24.0 Å². The van der Waals surface area contributed by atoms with Crippen LogP contribution in [0.2, 0.25) is 5.02 Å². The largest absolute Gasteiger partial charge is 0.496 e. The Bertz CT molecular complexity index is 1740. The highest BCUT2D eigenvalue weighted by atomic mass is 35.5. The number of ketones is 1. The van der Waals surface area contributed by atoms with E-state index in [-0.39, 0.29) is 43.0 Å². The summed E-state index contributed by atoms with van der Waals surface area (Å²) < 4.78 is 5.55. The molecule has 6 atom stereocenters. The topological polar surface area (TPSA) is 156 Å². The molecular weight excluding hydrogens is 674 g/mol. The van der Waals surface area contributed by atoms with Crippen LogP contribution < -0.4 is 20.7 Å². The number of rotatable bonds is 12. The van der Waals surface area contributed by atoms with E-state index in [2.05, 4.69) is 21.1 Å². The van der Waals surface area contributed by atoms with Gasteiger partial charge in [-0.15, -0.1) is 0 Å². The number of amides is 4. The van der Waals surface area contributed by atoms with Gasteiger partial charge in [0, 0.05) is 36.4 Å². The van der Waals surface area contributed by atoms with Crippen LogP contribution in [0.25, 0.3) is 0 Å². The van der Waals surface area contributed by atoms with E-state index in [1.54, 1.807) is 18.2 Å². The molecule has 2 aliphatic heterocycles. The van der Waals surface area contributed by atoms with E-state index in [4.69, 9.17) is 21.2 Å². The molecule has 0 aromatic heterocycles. The van der Waals surface area contributed by atoms with Gasteiger partial charge in [0.2, 0.25) is 23.5 Å². The number of oxime groups is 1. The van der Waals surface area contributed by atoms with E-state index in [1.165, 1.54) is 19.1 Å². The smallest absolute Gasteiger partial charge is 0.289 e. The zero-order valence-electron chi connectivity index (χ0n) is 29.7. The quantitative estimate of drug-likeness (QED) is 0.282. The molecule has 0 unspecified atom stereocenters. The van der Waals surface area contributed by atoms with E-state index < -0.39 is 52.6 Å². The molecule has 3 N–H and O–H groups in total. The second kappa shape index (κ2) is 14.3. The average molecular weight is 720 g/mol. The maximum atomic E-state index is 14.7. The highest BCUT2D eigenvalue weighted by Crippen LogP contribution is 2.48. The fourth-order valence-corrected chi connectivity index (χ4v) is 7.44. The highest BCUT2D eigenvalue weighted by Gasteiger charge is 2.56. The van der Waals surface area contributed by atoms with Crippen LogP contribution in [0.1, 0.15) is 76.3 Å².